The minimum absolute atomic E-state index is 0.126. The van der Waals surface area contributed by atoms with Crippen LogP contribution in [0.5, 0.6) is 0 Å². The van der Waals surface area contributed by atoms with Gasteiger partial charge in [-0.05, 0) is 11.6 Å². The largest absolute Gasteiger partial charge is 0.383 e. The molecule has 0 saturated carbocycles. The summed E-state index contributed by atoms with van der Waals surface area (Å²) in [6.07, 6.45) is 1.97. The Morgan fingerprint density at radius 2 is 1.84 bits per heavy atom. The van der Waals surface area contributed by atoms with Crippen LogP contribution in [-0.4, -0.2) is 36.3 Å². The van der Waals surface area contributed by atoms with Crippen molar-refractivity contribution in [2.24, 2.45) is 0 Å². The third-order valence-electron chi connectivity index (χ3n) is 4.18. The van der Waals surface area contributed by atoms with Crippen molar-refractivity contribution in [3.8, 4) is 0 Å². The number of hydrogen-bond acceptors (Lipinski definition) is 2. The van der Waals surface area contributed by atoms with Crippen molar-refractivity contribution >= 4 is 22.6 Å². The highest BCUT2D eigenvalue weighted by Gasteiger charge is 2.14. The third-order valence-corrected chi connectivity index (χ3v) is 4.18. The molecule has 0 atom stereocenters. The van der Waals surface area contributed by atoms with Crippen LogP contribution >= 0.6 is 0 Å². The van der Waals surface area contributed by atoms with Gasteiger partial charge in [0.05, 0.1) is 17.8 Å². The van der Waals surface area contributed by atoms with Crippen LogP contribution in [0.4, 0.5) is 10.5 Å². The molecule has 0 bridgehead atoms. The van der Waals surface area contributed by atoms with Gasteiger partial charge in [-0.25, -0.2) is 4.79 Å². The lowest BCUT2D eigenvalue weighted by molar-refractivity contribution is 0.188. The van der Waals surface area contributed by atoms with Gasteiger partial charge in [-0.1, -0.05) is 48.5 Å². The van der Waals surface area contributed by atoms with Crippen LogP contribution in [0, 0.1) is 0 Å². The van der Waals surface area contributed by atoms with Gasteiger partial charge >= 0.3 is 6.03 Å². The van der Waals surface area contributed by atoms with E-state index < -0.39 is 0 Å². The number of aromatic nitrogens is 1. The van der Waals surface area contributed by atoms with Crippen molar-refractivity contribution in [1.29, 1.82) is 0 Å². The highest BCUT2D eigenvalue weighted by Crippen LogP contribution is 2.26. The Hall–Kier alpha value is -2.79. The maximum atomic E-state index is 12.6. The van der Waals surface area contributed by atoms with Crippen molar-refractivity contribution in [3.63, 3.8) is 0 Å². The van der Waals surface area contributed by atoms with Crippen molar-refractivity contribution in [2.75, 3.05) is 26.1 Å². The van der Waals surface area contributed by atoms with Gasteiger partial charge in [0.25, 0.3) is 0 Å². The molecule has 1 N–H and O–H groups in total. The summed E-state index contributed by atoms with van der Waals surface area (Å²) < 4.78 is 7.28. The number of benzene rings is 2. The molecular formula is C20H23N3O2. The SMILES string of the molecule is COCCn1cc(NC(=O)N(C)Cc2ccccc2)c2ccccc21. The quantitative estimate of drug-likeness (QED) is 0.740. The van der Waals surface area contributed by atoms with E-state index in [1.54, 1.807) is 19.1 Å². The molecule has 5 heteroatoms. The molecule has 2 amide bonds. The molecule has 130 valence electrons. The fourth-order valence-corrected chi connectivity index (χ4v) is 2.86. The molecule has 0 aliphatic rings. The van der Waals surface area contributed by atoms with Crippen LogP contribution in [0.3, 0.4) is 0 Å². The van der Waals surface area contributed by atoms with Crippen LogP contribution in [0.15, 0.2) is 60.8 Å². The van der Waals surface area contributed by atoms with Gasteiger partial charge in [-0.3, -0.25) is 0 Å². The average Bonchev–Trinajstić information content (AvgIpc) is 2.98. The van der Waals surface area contributed by atoms with E-state index >= 15 is 0 Å². The number of hydrogen-bond donors (Lipinski definition) is 1. The number of anilines is 1. The van der Waals surface area contributed by atoms with E-state index in [1.807, 2.05) is 60.8 Å². The van der Waals surface area contributed by atoms with E-state index in [9.17, 15) is 4.79 Å². The van der Waals surface area contributed by atoms with E-state index in [0.717, 1.165) is 28.7 Å². The summed E-state index contributed by atoms with van der Waals surface area (Å²) in [4.78, 5) is 14.2. The summed E-state index contributed by atoms with van der Waals surface area (Å²) >= 11 is 0. The second-order valence-electron chi connectivity index (χ2n) is 6.02. The molecule has 25 heavy (non-hydrogen) atoms. The number of ether oxygens (including phenoxy) is 1. The molecule has 0 radical (unpaired) electrons. The van der Waals surface area contributed by atoms with Gasteiger partial charge in [-0.2, -0.15) is 0 Å². The third kappa shape index (κ3) is 4.00. The molecule has 0 saturated heterocycles. The topological polar surface area (TPSA) is 46.5 Å². The van der Waals surface area contributed by atoms with Gasteiger partial charge in [-0.15, -0.1) is 0 Å². The molecule has 1 aromatic heterocycles. The summed E-state index contributed by atoms with van der Waals surface area (Å²) in [5, 5.41) is 4.05. The van der Waals surface area contributed by atoms with Crippen molar-refractivity contribution in [2.45, 2.75) is 13.1 Å². The first-order valence-corrected chi connectivity index (χ1v) is 8.32. The summed E-state index contributed by atoms with van der Waals surface area (Å²) in [6, 6.07) is 17.9. The van der Waals surface area contributed by atoms with Crippen LogP contribution in [0.1, 0.15) is 5.56 Å². The van der Waals surface area contributed by atoms with Crippen LogP contribution in [0.25, 0.3) is 10.9 Å². The predicted octanol–water partition coefficient (Wildman–Crippen LogP) is 3.95. The molecule has 0 unspecified atom stereocenters. The Labute approximate surface area is 147 Å². The fourth-order valence-electron chi connectivity index (χ4n) is 2.86. The zero-order valence-corrected chi connectivity index (χ0v) is 14.6. The zero-order valence-electron chi connectivity index (χ0n) is 14.6. The number of para-hydroxylation sites is 1. The van der Waals surface area contributed by atoms with Crippen molar-refractivity contribution in [3.05, 3.63) is 66.4 Å². The molecule has 5 nitrogen and oxygen atoms in total. The lowest BCUT2D eigenvalue weighted by atomic mass is 10.2. The number of carbonyl (C=O) groups is 1. The van der Waals surface area contributed by atoms with Gasteiger partial charge < -0.3 is 19.5 Å². The molecule has 1 heterocycles. The maximum Gasteiger partial charge on any atom is 0.321 e. The molecular weight excluding hydrogens is 314 g/mol. The number of nitrogens with zero attached hydrogens (tertiary/aromatic N) is 2. The van der Waals surface area contributed by atoms with Gasteiger partial charge in [0, 0.05) is 38.8 Å². The average molecular weight is 337 g/mol. The van der Waals surface area contributed by atoms with Crippen LogP contribution in [0.2, 0.25) is 0 Å². The first-order valence-electron chi connectivity index (χ1n) is 8.32. The number of amides is 2. The lowest BCUT2D eigenvalue weighted by Crippen LogP contribution is -2.30. The summed E-state index contributed by atoms with van der Waals surface area (Å²) in [5.41, 5.74) is 3.00. The van der Waals surface area contributed by atoms with Crippen LogP contribution in [-0.2, 0) is 17.8 Å². The van der Waals surface area contributed by atoms with Gasteiger partial charge in [0.1, 0.15) is 0 Å². The maximum absolute atomic E-state index is 12.6. The number of rotatable bonds is 6. The monoisotopic (exact) mass is 337 g/mol. The zero-order chi connectivity index (χ0) is 17.6. The standard InChI is InChI=1S/C20H23N3O2/c1-22(14-16-8-4-3-5-9-16)20(24)21-18-15-23(12-13-25-2)19-11-7-6-10-17(18)19/h3-11,15H,12-14H2,1-2H3,(H,21,24). The Morgan fingerprint density at radius 1 is 1.12 bits per heavy atom. The molecule has 3 rings (SSSR count). The first-order chi connectivity index (χ1) is 12.2. The fraction of sp³-hybridized carbons (Fsp3) is 0.250. The Balaban J connectivity index is 1.76. The lowest BCUT2D eigenvalue weighted by Gasteiger charge is -2.17. The molecule has 3 aromatic rings. The number of methoxy groups -OCH3 is 1. The second kappa shape index (κ2) is 7.85. The van der Waals surface area contributed by atoms with E-state index in [4.69, 9.17) is 4.74 Å². The number of urea groups is 1. The number of nitrogens with one attached hydrogen (secondary N) is 1. The van der Waals surface area contributed by atoms with E-state index in [2.05, 4.69) is 9.88 Å². The van der Waals surface area contributed by atoms with Gasteiger partial charge in [0.2, 0.25) is 0 Å². The molecule has 0 aliphatic heterocycles. The predicted molar refractivity (Wildman–Crippen MR) is 101 cm³/mol. The van der Waals surface area contributed by atoms with E-state index in [-0.39, 0.29) is 6.03 Å². The normalized spacial score (nSPS) is 10.8. The van der Waals surface area contributed by atoms with E-state index in [0.29, 0.717) is 13.2 Å². The summed E-state index contributed by atoms with van der Waals surface area (Å²) in [7, 11) is 3.49. The summed E-state index contributed by atoms with van der Waals surface area (Å²) in [5.74, 6) is 0. The molecule has 0 aliphatic carbocycles. The summed E-state index contributed by atoms with van der Waals surface area (Å²) in [6.45, 7) is 1.93. The van der Waals surface area contributed by atoms with Crippen molar-refractivity contribution < 1.29 is 9.53 Å². The minimum Gasteiger partial charge on any atom is -0.383 e. The highest BCUT2D eigenvalue weighted by molar-refractivity contribution is 6.01. The first kappa shape index (κ1) is 17.0. The Kier molecular flexibility index (Phi) is 5.36. The molecule has 2 aromatic carbocycles. The number of fused-ring (bicyclic) bond motifs is 1. The smallest absolute Gasteiger partial charge is 0.321 e. The van der Waals surface area contributed by atoms with E-state index in [1.165, 1.54) is 0 Å². The van der Waals surface area contributed by atoms with Gasteiger partial charge in [0.15, 0.2) is 0 Å². The van der Waals surface area contributed by atoms with Crippen LogP contribution < -0.4 is 5.32 Å². The van der Waals surface area contributed by atoms with Crippen molar-refractivity contribution in [1.82, 2.24) is 9.47 Å². The Morgan fingerprint density at radius 3 is 2.60 bits per heavy atom. The molecule has 0 fully saturated rings. The minimum atomic E-state index is -0.126. The Bertz CT molecular complexity index is 843. The number of carbonyl (C=O) groups excluding carboxylic acids is 1. The second-order valence-corrected chi connectivity index (χ2v) is 6.02. The highest BCUT2D eigenvalue weighted by atomic mass is 16.5. The molecule has 0 spiro atoms.